The molecule has 0 saturated heterocycles. The number of carbonyl (C=O) groups excluding carboxylic acids is 1. The molecule has 25 heavy (non-hydrogen) atoms. The van der Waals surface area contributed by atoms with Gasteiger partial charge in [-0.3, -0.25) is 9.59 Å². The Morgan fingerprint density at radius 1 is 0.960 bits per heavy atom. The predicted octanol–water partition coefficient (Wildman–Crippen LogP) is 2.90. The highest BCUT2D eigenvalue weighted by Gasteiger charge is 2.07. The van der Waals surface area contributed by atoms with Crippen molar-refractivity contribution in [3.05, 3.63) is 53.6 Å². The number of carbonyl (C=O) groups is 2. The summed E-state index contributed by atoms with van der Waals surface area (Å²) in [5, 5.41) is 11.5. The molecule has 2 aromatic carbocycles. The molecule has 0 heterocycles. The molecule has 0 radical (unpaired) electrons. The fourth-order valence-corrected chi connectivity index (χ4v) is 2.37. The monoisotopic (exact) mass is 343 g/mol. The van der Waals surface area contributed by atoms with E-state index in [9.17, 15) is 9.59 Å². The number of carboxylic acids is 1. The van der Waals surface area contributed by atoms with Crippen LogP contribution in [-0.4, -0.2) is 31.2 Å². The normalized spacial score (nSPS) is 10.2. The van der Waals surface area contributed by atoms with Crippen LogP contribution in [0, 0.1) is 0 Å². The van der Waals surface area contributed by atoms with E-state index < -0.39 is 5.97 Å². The Morgan fingerprint density at radius 2 is 1.56 bits per heavy atom. The molecular formula is C19H21NO5. The third-order valence-corrected chi connectivity index (χ3v) is 3.65. The predicted molar refractivity (Wildman–Crippen MR) is 94.3 cm³/mol. The van der Waals surface area contributed by atoms with Gasteiger partial charge < -0.3 is 19.9 Å². The number of carboxylic acid groups (broad SMARTS) is 1. The number of benzene rings is 2. The van der Waals surface area contributed by atoms with E-state index in [1.165, 1.54) is 0 Å². The average molecular weight is 343 g/mol. The number of hydrogen-bond acceptors (Lipinski definition) is 4. The second-order valence-electron chi connectivity index (χ2n) is 5.54. The van der Waals surface area contributed by atoms with Crippen LogP contribution in [0.4, 0.5) is 5.69 Å². The number of aryl methyl sites for hydroxylation is 1. The van der Waals surface area contributed by atoms with E-state index in [-0.39, 0.29) is 12.3 Å². The topological polar surface area (TPSA) is 84.9 Å². The van der Waals surface area contributed by atoms with Crippen LogP contribution in [0.5, 0.6) is 11.5 Å². The summed E-state index contributed by atoms with van der Waals surface area (Å²) in [7, 11) is 3.17. The van der Waals surface area contributed by atoms with Gasteiger partial charge in [0, 0.05) is 18.2 Å². The van der Waals surface area contributed by atoms with Gasteiger partial charge in [-0.15, -0.1) is 0 Å². The Bertz CT molecular complexity index is 718. The van der Waals surface area contributed by atoms with Crippen molar-refractivity contribution in [1.29, 1.82) is 0 Å². The number of ether oxygens (including phenoxy) is 2. The zero-order chi connectivity index (χ0) is 18.2. The standard InChI is InChI=1S/C19H21NO5/c1-24-16-9-14(10-17(12-16)25-2)5-8-18(21)20-15-6-3-13(4-7-15)11-19(22)23/h3-4,6-7,9-10,12H,5,8,11H2,1-2H3,(H,20,21)(H,22,23). The molecule has 2 rings (SSSR count). The zero-order valence-corrected chi connectivity index (χ0v) is 14.2. The van der Waals surface area contributed by atoms with Gasteiger partial charge in [-0.25, -0.2) is 0 Å². The fraction of sp³-hybridized carbons (Fsp3) is 0.263. The van der Waals surface area contributed by atoms with Crippen molar-refractivity contribution in [2.24, 2.45) is 0 Å². The molecule has 0 aliphatic carbocycles. The van der Waals surface area contributed by atoms with Crippen LogP contribution < -0.4 is 14.8 Å². The van der Waals surface area contributed by atoms with E-state index in [1.54, 1.807) is 44.6 Å². The molecule has 0 unspecified atom stereocenters. The smallest absolute Gasteiger partial charge is 0.307 e. The van der Waals surface area contributed by atoms with Gasteiger partial charge in [-0.1, -0.05) is 12.1 Å². The first kappa shape index (κ1) is 18.3. The van der Waals surface area contributed by atoms with E-state index in [0.29, 0.717) is 35.6 Å². The summed E-state index contributed by atoms with van der Waals surface area (Å²) in [5.74, 6) is 0.367. The lowest BCUT2D eigenvalue weighted by molar-refractivity contribution is -0.136. The first-order valence-electron chi connectivity index (χ1n) is 7.82. The highest BCUT2D eigenvalue weighted by Crippen LogP contribution is 2.23. The molecule has 0 spiro atoms. The second kappa shape index (κ2) is 8.73. The summed E-state index contributed by atoms with van der Waals surface area (Å²) in [4.78, 5) is 22.7. The molecule has 6 nitrogen and oxygen atoms in total. The van der Waals surface area contributed by atoms with Gasteiger partial charge in [0.2, 0.25) is 5.91 Å². The van der Waals surface area contributed by atoms with E-state index in [2.05, 4.69) is 5.32 Å². The quantitative estimate of drug-likeness (QED) is 0.770. The average Bonchev–Trinajstić information content (AvgIpc) is 2.61. The summed E-state index contributed by atoms with van der Waals surface area (Å²) >= 11 is 0. The molecule has 0 atom stereocenters. The van der Waals surface area contributed by atoms with E-state index in [4.69, 9.17) is 14.6 Å². The van der Waals surface area contributed by atoms with Crippen molar-refractivity contribution in [2.45, 2.75) is 19.3 Å². The largest absolute Gasteiger partial charge is 0.497 e. The zero-order valence-electron chi connectivity index (χ0n) is 14.2. The first-order valence-corrected chi connectivity index (χ1v) is 7.82. The van der Waals surface area contributed by atoms with Crippen molar-refractivity contribution in [3.63, 3.8) is 0 Å². The number of anilines is 1. The van der Waals surface area contributed by atoms with Crippen LogP contribution in [-0.2, 0) is 22.4 Å². The van der Waals surface area contributed by atoms with Gasteiger partial charge in [-0.05, 0) is 41.8 Å². The molecule has 2 N–H and O–H groups in total. The molecule has 0 fully saturated rings. The molecule has 132 valence electrons. The Balaban J connectivity index is 1.91. The molecule has 2 aromatic rings. The summed E-state index contributed by atoms with van der Waals surface area (Å²) in [6.07, 6.45) is 0.829. The molecule has 0 aliphatic rings. The van der Waals surface area contributed by atoms with Crippen molar-refractivity contribution in [2.75, 3.05) is 19.5 Å². The van der Waals surface area contributed by atoms with E-state index in [1.807, 2.05) is 12.1 Å². The van der Waals surface area contributed by atoms with Crippen molar-refractivity contribution >= 4 is 17.6 Å². The number of aliphatic carboxylic acids is 1. The third-order valence-electron chi connectivity index (χ3n) is 3.65. The van der Waals surface area contributed by atoms with Gasteiger partial charge >= 0.3 is 5.97 Å². The van der Waals surface area contributed by atoms with E-state index in [0.717, 1.165) is 5.56 Å². The third kappa shape index (κ3) is 5.84. The molecule has 0 saturated carbocycles. The highest BCUT2D eigenvalue weighted by atomic mass is 16.5. The van der Waals surface area contributed by atoms with Crippen molar-refractivity contribution in [3.8, 4) is 11.5 Å². The summed E-state index contributed by atoms with van der Waals surface area (Å²) in [5.41, 5.74) is 2.28. The lowest BCUT2D eigenvalue weighted by Crippen LogP contribution is -2.12. The van der Waals surface area contributed by atoms with Crippen LogP contribution >= 0.6 is 0 Å². The van der Waals surface area contributed by atoms with Crippen molar-refractivity contribution in [1.82, 2.24) is 0 Å². The summed E-state index contributed by atoms with van der Waals surface area (Å²) in [6.45, 7) is 0. The van der Waals surface area contributed by atoms with Crippen LogP contribution in [0.1, 0.15) is 17.5 Å². The Labute approximate surface area is 146 Å². The Hall–Kier alpha value is -3.02. The summed E-state index contributed by atoms with van der Waals surface area (Å²) in [6, 6.07) is 12.3. The minimum atomic E-state index is -0.884. The lowest BCUT2D eigenvalue weighted by atomic mass is 10.1. The minimum absolute atomic E-state index is 0.0358. The minimum Gasteiger partial charge on any atom is -0.497 e. The molecule has 6 heteroatoms. The van der Waals surface area contributed by atoms with E-state index >= 15 is 0 Å². The van der Waals surface area contributed by atoms with Crippen molar-refractivity contribution < 1.29 is 24.2 Å². The molecule has 0 aliphatic heterocycles. The Kier molecular flexibility index (Phi) is 6.39. The van der Waals surface area contributed by atoms with Gasteiger partial charge in [0.25, 0.3) is 0 Å². The second-order valence-corrected chi connectivity index (χ2v) is 5.54. The van der Waals surface area contributed by atoms with Gasteiger partial charge in [-0.2, -0.15) is 0 Å². The van der Waals surface area contributed by atoms with Gasteiger partial charge in [0.1, 0.15) is 11.5 Å². The van der Waals surface area contributed by atoms with Crippen LogP contribution in [0.15, 0.2) is 42.5 Å². The molecule has 1 amide bonds. The molecule has 0 aromatic heterocycles. The maximum atomic E-state index is 12.1. The maximum absolute atomic E-state index is 12.1. The number of rotatable bonds is 8. The number of methoxy groups -OCH3 is 2. The molecule has 0 bridgehead atoms. The lowest BCUT2D eigenvalue weighted by Gasteiger charge is -2.09. The van der Waals surface area contributed by atoms with Crippen LogP contribution in [0.25, 0.3) is 0 Å². The first-order chi connectivity index (χ1) is 12.0. The number of amides is 1. The Morgan fingerprint density at radius 3 is 2.08 bits per heavy atom. The SMILES string of the molecule is COc1cc(CCC(=O)Nc2ccc(CC(=O)O)cc2)cc(OC)c1. The fourth-order valence-electron chi connectivity index (χ4n) is 2.37. The van der Waals surface area contributed by atoms with Gasteiger partial charge in [0.05, 0.1) is 20.6 Å². The molecular weight excluding hydrogens is 322 g/mol. The number of nitrogens with one attached hydrogen (secondary N) is 1. The summed E-state index contributed by atoms with van der Waals surface area (Å²) < 4.78 is 10.4. The van der Waals surface area contributed by atoms with Crippen LogP contribution in [0.2, 0.25) is 0 Å². The van der Waals surface area contributed by atoms with Crippen LogP contribution in [0.3, 0.4) is 0 Å². The van der Waals surface area contributed by atoms with Gasteiger partial charge in [0.15, 0.2) is 0 Å². The maximum Gasteiger partial charge on any atom is 0.307 e. The highest BCUT2D eigenvalue weighted by molar-refractivity contribution is 5.90. The number of hydrogen-bond donors (Lipinski definition) is 2.